The van der Waals surface area contributed by atoms with Crippen LogP contribution in [0.2, 0.25) is 5.02 Å². The molecule has 0 saturated carbocycles. The standard InChI is InChI=1S/C19H20ClFN2O2/c1-2-17(13-3-7-15(20)8-4-13)22-18(24)23-11-19(25,12-23)14-5-9-16(21)10-6-14/h3-10,17,25H,2,11-12H2,1H3,(H,22,24). The second kappa shape index (κ2) is 7.02. The molecule has 2 N–H and O–H groups in total. The molecule has 132 valence electrons. The van der Waals surface area contributed by atoms with Crippen LogP contribution < -0.4 is 5.32 Å². The summed E-state index contributed by atoms with van der Waals surface area (Å²) in [6.07, 6.45) is 0.740. The molecule has 2 aromatic carbocycles. The highest BCUT2D eigenvalue weighted by atomic mass is 35.5. The maximum Gasteiger partial charge on any atom is 0.318 e. The third-order valence-electron chi connectivity index (χ3n) is 4.55. The number of rotatable bonds is 4. The van der Waals surface area contributed by atoms with Gasteiger partial charge in [-0.2, -0.15) is 0 Å². The third-order valence-corrected chi connectivity index (χ3v) is 4.80. The van der Waals surface area contributed by atoms with Gasteiger partial charge in [0.1, 0.15) is 11.4 Å². The van der Waals surface area contributed by atoms with Gasteiger partial charge in [-0.1, -0.05) is 42.8 Å². The number of amides is 2. The van der Waals surface area contributed by atoms with Crippen molar-refractivity contribution in [2.45, 2.75) is 25.0 Å². The molecule has 4 nitrogen and oxygen atoms in total. The SMILES string of the molecule is CCC(NC(=O)N1CC(O)(c2ccc(F)cc2)C1)c1ccc(Cl)cc1. The summed E-state index contributed by atoms with van der Waals surface area (Å²) in [5.41, 5.74) is 0.477. The minimum atomic E-state index is -1.12. The van der Waals surface area contributed by atoms with E-state index in [-0.39, 0.29) is 31.0 Å². The van der Waals surface area contributed by atoms with Crippen molar-refractivity contribution in [2.24, 2.45) is 0 Å². The number of hydrogen-bond acceptors (Lipinski definition) is 2. The highest BCUT2D eigenvalue weighted by Crippen LogP contribution is 2.32. The van der Waals surface area contributed by atoms with E-state index in [1.54, 1.807) is 29.2 Å². The van der Waals surface area contributed by atoms with Crippen molar-refractivity contribution >= 4 is 17.6 Å². The monoisotopic (exact) mass is 362 g/mol. The molecule has 1 unspecified atom stereocenters. The van der Waals surface area contributed by atoms with Crippen molar-refractivity contribution in [1.82, 2.24) is 10.2 Å². The van der Waals surface area contributed by atoms with Gasteiger partial charge in [-0.25, -0.2) is 9.18 Å². The summed E-state index contributed by atoms with van der Waals surface area (Å²) in [7, 11) is 0. The molecule has 1 aliphatic rings. The van der Waals surface area contributed by atoms with Crippen LogP contribution >= 0.6 is 11.6 Å². The van der Waals surface area contributed by atoms with Crippen LogP contribution in [0, 0.1) is 5.82 Å². The Morgan fingerprint density at radius 3 is 2.40 bits per heavy atom. The molecular formula is C19H20ClFN2O2. The van der Waals surface area contributed by atoms with Crippen molar-refractivity contribution in [3.05, 3.63) is 70.5 Å². The van der Waals surface area contributed by atoms with Gasteiger partial charge in [-0.05, 0) is 41.8 Å². The van der Waals surface area contributed by atoms with Gasteiger partial charge in [0.2, 0.25) is 0 Å². The summed E-state index contributed by atoms with van der Waals surface area (Å²) in [6.45, 7) is 2.35. The molecule has 0 spiro atoms. The van der Waals surface area contributed by atoms with E-state index in [1.165, 1.54) is 12.1 Å². The van der Waals surface area contributed by atoms with E-state index in [0.717, 1.165) is 12.0 Å². The fourth-order valence-corrected chi connectivity index (χ4v) is 3.15. The fourth-order valence-electron chi connectivity index (χ4n) is 3.03. The average Bonchev–Trinajstić information content (AvgIpc) is 2.58. The molecule has 2 amide bonds. The zero-order chi connectivity index (χ0) is 18.0. The number of aliphatic hydroxyl groups is 1. The Morgan fingerprint density at radius 2 is 1.84 bits per heavy atom. The maximum absolute atomic E-state index is 13.0. The molecule has 25 heavy (non-hydrogen) atoms. The average molecular weight is 363 g/mol. The summed E-state index contributed by atoms with van der Waals surface area (Å²) in [5, 5.41) is 14.2. The number of carbonyl (C=O) groups is 1. The largest absolute Gasteiger partial charge is 0.381 e. The van der Waals surface area contributed by atoms with Gasteiger partial charge in [-0.3, -0.25) is 0 Å². The lowest BCUT2D eigenvalue weighted by atomic mass is 9.86. The Hall–Kier alpha value is -2.11. The highest BCUT2D eigenvalue weighted by Gasteiger charge is 2.45. The molecule has 0 radical (unpaired) electrons. The molecule has 1 saturated heterocycles. The van der Waals surface area contributed by atoms with Gasteiger partial charge >= 0.3 is 6.03 Å². The Kier molecular flexibility index (Phi) is 4.97. The lowest BCUT2D eigenvalue weighted by molar-refractivity contribution is -0.0820. The van der Waals surface area contributed by atoms with Crippen LogP contribution in [0.15, 0.2) is 48.5 Å². The van der Waals surface area contributed by atoms with Crippen LogP contribution in [0.4, 0.5) is 9.18 Å². The Balaban J connectivity index is 1.61. The summed E-state index contributed by atoms with van der Waals surface area (Å²) >= 11 is 5.90. The first-order valence-electron chi connectivity index (χ1n) is 8.20. The number of likely N-dealkylation sites (tertiary alicyclic amines) is 1. The van der Waals surface area contributed by atoms with Crippen molar-refractivity contribution < 1.29 is 14.3 Å². The van der Waals surface area contributed by atoms with Gasteiger partial charge in [0, 0.05) is 5.02 Å². The Labute approximate surface area is 151 Å². The van der Waals surface area contributed by atoms with Gasteiger partial charge in [0.05, 0.1) is 19.1 Å². The summed E-state index contributed by atoms with van der Waals surface area (Å²) < 4.78 is 13.0. The van der Waals surface area contributed by atoms with Crippen LogP contribution in [-0.4, -0.2) is 29.1 Å². The van der Waals surface area contributed by atoms with Crippen LogP contribution in [0.25, 0.3) is 0 Å². The summed E-state index contributed by atoms with van der Waals surface area (Å²) in [6, 6.07) is 12.7. The van der Waals surface area contributed by atoms with Crippen LogP contribution in [0.3, 0.4) is 0 Å². The highest BCUT2D eigenvalue weighted by molar-refractivity contribution is 6.30. The number of hydrogen-bond donors (Lipinski definition) is 2. The number of benzene rings is 2. The minimum absolute atomic E-state index is 0.121. The maximum atomic E-state index is 13.0. The predicted octanol–water partition coefficient (Wildman–Crippen LogP) is 3.84. The van der Waals surface area contributed by atoms with E-state index in [4.69, 9.17) is 11.6 Å². The lowest BCUT2D eigenvalue weighted by Crippen LogP contribution is -2.63. The van der Waals surface area contributed by atoms with E-state index in [2.05, 4.69) is 5.32 Å². The first-order valence-corrected chi connectivity index (χ1v) is 8.58. The molecule has 1 heterocycles. The third kappa shape index (κ3) is 3.78. The smallest absolute Gasteiger partial charge is 0.318 e. The molecule has 3 rings (SSSR count). The molecular weight excluding hydrogens is 343 g/mol. The van der Waals surface area contributed by atoms with Crippen molar-refractivity contribution in [3.8, 4) is 0 Å². The Morgan fingerprint density at radius 1 is 1.24 bits per heavy atom. The van der Waals surface area contributed by atoms with E-state index < -0.39 is 5.60 Å². The molecule has 1 aliphatic heterocycles. The molecule has 1 fully saturated rings. The first-order chi connectivity index (χ1) is 11.9. The molecule has 6 heteroatoms. The number of β-amino-alcohol motifs (C(OH)–C–C–N with tert-alkyl or cyclic N) is 1. The Bertz CT molecular complexity index is 743. The number of nitrogens with one attached hydrogen (secondary N) is 1. The number of halogens is 2. The van der Waals surface area contributed by atoms with E-state index in [1.807, 2.05) is 19.1 Å². The van der Waals surface area contributed by atoms with Crippen LogP contribution in [0.5, 0.6) is 0 Å². The van der Waals surface area contributed by atoms with Crippen LogP contribution in [-0.2, 0) is 5.60 Å². The number of urea groups is 1. The molecule has 0 aliphatic carbocycles. The lowest BCUT2D eigenvalue weighted by Gasteiger charge is -2.47. The van der Waals surface area contributed by atoms with Crippen molar-refractivity contribution in [1.29, 1.82) is 0 Å². The second-order valence-electron chi connectivity index (χ2n) is 6.36. The number of nitrogens with zero attached hydrogens (tertiary/aromatic N) is 1. The molecule has 0 bridgehead atoms. The molecule has 2 aromatic rings. The normalized spacial score (nSPS) is 16.9. The van der Waals surface area contributed by atoms with Gasteiger partial charge < -0.3 is 15.3 Å². The van der Waals surface area contributed by atoms with Gasteiger partial charge in [-0.15, -0.1) is 0 Å². The molecule has 1 atom stereocenters. The van der Waals surface area contributed by atoms with Gasteiger partial charge in [0.15, 0.2) is 0 Å². The van der Waals surface area contributed by atoms with Crippen molar-refractivity contribution in [3.63, 3.8) is 0 Å². The zero-order valence-corrected chi connectivity index (χ0v) is 14.6. The first kappa shape index (κ1) is 17.7. The van der Waals surface area contributed by atoms with Gasteiger partial charge in [0.25, 0.3) is 0 Å². The predicted molar refractivity (Wildman–Crippen MR) is 94.9 cm³/mol. The van der Waals surface area contributed by atoms with Crippen LogP contribution in [0.1, 0.15) is 30.5 Å². The fraction of sp³-hybridized carbons (Fsp3) is 0.316. The van der Waals surface area contributed by atoms with E-state index >= 15 is 0 Å². The second-order valence-corrected chi connectivity index (χ2v) is 6.79. The minimum Gasteiger partial charge on any atom is -0.381 e. The van der Waals surface area contributed by atoms with E-state index in [9.17, 15) is 14.3 Å². The van der Waals surface area contributed by atoms with Crippen molar-refractivity contribution in [2.75, 3.05) is 13.1 Å². The topological polar surface area (TPSA) is 52.6 Å². The van der Waals surface area contributed by atoms with E-state index in [0.29, 0.717) is 10.6 Å². The quantitative estimate of drug-likeness (QED) is 0.868. The number of carbonyl (C=O) groups excluding carboxylic acids is 1. The zero-order valence-electron chi connectivity index (χ0n) is 13.9. The molecule has 0 aromatic heterocycles. The summed E-state index contributed by atoms with van der Waals surface area (Å²) in [5.74, 6) is -0.352. The summed E-state index contributed by atoms with van der Waals surface area (Å²) in [4.78, 5) is 14.0.